The molecule has 1 aromatic rings. The lowest BCUT2D eigenvalue weighted by Gasteiger charge is -2.30. The zero-order valence-electron chi connectivity index (χ0n) is 19.6. The Balaban J connectivity index is 2.05. The number of aliphatic hydroxyl groups excluding tert-OH is 1. The molecule has 3 N–H and O–H groups in total. The van der Waals surface area contributed by atoms with Gasteiger partial charge in [0.2, 0.25) is 0 Å². The summed E-state index contributed by atoms with van der Waals surface area (Å²) >= 11 is 0. The fourth-order valence-corrected chi connectivity index (χ4v) is 4.88. The van der Waals surface area contributed by atoms with Gasteiger partial charge in [-0.1, -0.05) is 77.7 Å². The van der Waals surface area contributed by atoms with E-state index < -0.39 is 0 Å². The van der Waals surface area contributed by atoms with Crippen molar-refractivity contribution in [3.05, 3.63) is 28.8 Å². The third-order valence-electron chi connectivity index (χ3n) is 6.93. The second-order valence-electron chi connectivity index (χ2n) is 9.34. The summed E-state index contributed by atoms with van der Waals surface area (Å²) in [7, 11) is 0. The van der Waals surface area contributed by atoms with E-state index in [1.54, 1.807) is 0 Å². The number of hydrogen-bond donors (Lipinski definition) is 3. The van der Waals surface area contributed by atoms with E-state index >= 15 is 0 Å². The van der Waals surface area contributed by atoms with Crippen molar-refractivity contribution in [2.45, 2.75) is 104 Å². The van der Waals surface area contributed by atoms with Crippen LogP contribution in [0.1, 0.15) is 109 Å². The number of allylic oxidation sites excluding steroid dienone is 1. The van der Waals surface area contributed by atoms with E-state index in [4.69, 9.17) is 0 Å². The fourth-order valence-electron chi connectivity index (χ4n) is 4.88. The SMILES string of the molecule is CCCCCCCCCCc1cc(O)c(C2=C(C(C)CO)CCC(CC)C2)c(O)c1. The Morgan fingerprint density at radius 1 is 0.933 bits per heavy atom. The van der Waals surface area contributed by atoms with Crippen LogP contribution in [0.4, 0.5) is 0 Å². The van der Waals surface area contributed by atoms with Gasteiger partial charge >= 0.3 is 0 Å². The lowest BCUT2D eigenvalue weighted by molar-refractivity contribution is 0.250. The average Bonchev–Trinajstić information content (AvgIpc) is 2.74. The number of aliphatic hydroxyl groups is 1. The normalized spacial score (nSPS) is 18.1. The molecular weight excluding hydrogens is 372 g/mol. The molecule has 3 nitrogen and oxygen atoms in total. The van der Waals surface area contributed by atoms with Crippen LogP contribution in [-0.2, 0) is 6.42 Å². The first kappa shape index (κ1) is 24.8. The van der Waals surface area contributed by atoms with Gasteiger partial charge in [-0.25, -0.2) is 0 Å². The summed E-state index contributed by atoms with van der Waals surface area (Å²) in [6, 6.07) is 3.69. The molecular formula is C27H44O3. The molecule has 0 heterocycles. The number of aromatic hydroxyl groups is 2. The molecule has 30 heavy (non-hydrogen) atoms. The van der Waals surface area contributed by atoms with Crippen molar-refractivity contribution in [1.82, 2.24) is 0 Å². The van der Waals surface area contributed by atoms with E-state index in [1.807, 2.05) is 19.1 Å². The number of rotatable bonds is 13. The predicted octanol–water partition coefficient (Wildman–Crippen LogP) is 7.37. The highest BCUT2D eigenvalue weighted by Crippen LogP contribution is 2.46. The van der Waals surface area contributed by atoms with E-state index in [0.717, 1.165) is 49.7 Å². The molecule has 0 fully saturated rings. The largest absolute Gasteiger partial charge is 0.507 e. The van der Waals surface area contributed by atoms with E-state index in [0.29, 0.717) is 11.5 Å². The maximum Gasteiger partial charge on any atom is 0.127 e. The Hall–Kier alpha value is -1.48. The van der Waals surface area contributed by atoms with Gasteiger partial charge in [0.05, 0.1) is 5.56 Å². The van der Waals surface area contributed by atoms with Crippen LogP contribution in [0.3, 0.4) is 0 Å². The molecule has 2 unspecified atom stereocenters. The van der Waals surface area contributed by atoms with Gasteiger partial charge in [0, 0.05) is 12.5 Å². The highest BCUT2D eigenvalue weighted by atomic mass is 16.3. The molecule has 2 atom stereocenters. The Labute approximate surface area is 184 Å². The highest BCUT2D eigenvalue weighted by molar-refractivity contribution is 5.78. The van der Waals surface area contributed by atoms with Crippen molar-refractivity contribution in [1.29, 1.82) is 0 Å². The Kier molecular flexibility index (Phi) is 10.8. The molecule has 0 aromatic heterocycles. The first-order valence-electron chi connectivity index (χ1n) is 12.4. The first-order valence-corrected chi connectivity index (χ1v) is 12.4. The number of phenolic OH excluding ortho intramolecular Hbond substituents is 2. The monoisotopic (exact) mass is 416 g/mol. The number of hydrogen-bond acceptors (Lipinski definition) is 3. The van der Waals surface area contributed by atoms with Crippen molar-refractivity contribution in [2.24, 2.45) is 11.8 Å². The molecule has 2 rings (SSSR count). The molecule has 0 radical (unpaired) electrons. The quantitative estimate of drug-likeness (QED) is 0.294. The van der Waals surface area contributed by atoms with E-state index in [1.165, 1.54) is 50.5 Å². The second-order valence-corrected chi connectivity index (χ2v) is 9.34. The van der Waals surface area contributed by atoms with Crippen LogP contribution in [0.25, 0.3) is 5.57 Å². The summed E-state index contributed by atoms with van der Waals surface area (Å²) in [5.74, 6) is 1.02. The topological polar surface area (TPSA) is 60.7 Å². The molecule has 0 amide bonds. The third kappa shape index (κ3) is 7.04. The number of unbranched alkanes of at least 4 members (excludes halogenated alkanes) is 7. The van der Waals surface area contributed by atoms with Crippen LogP contribution in [-0.4, -0.2) is 21.9 Å². The van der Waals surface area contributed by atoms with Crippen LogP contribution in [0.5, 0.6) is 11.5 Å². The smallest absolute Gasteiger partial charge is 0.127 e. The summed E-state index contributed by atoms with van der Waals surface area (Å²) in [6.07, 6.45) is 15.1. The van der Waals surface area contributed by atoms with Gasteiger partial charge in [0.25, 0.3) is 0 Å². The van der Waals surface area contributed by atoms with Gasteiger partial charge in [0.15, 0.2) is 0 Å². The van der Waals surface area contributed by atoms with Crippen molar-refractivity contribution in [3.8, 4) is 11.5 Å². The average molecular weight is 417 g/mol. The van der Waals surface area contributed by atoms with Crippen LogP contribution < -0.4 is 0 Å². The van der Waals surface area contributed by atoms with Gasteiger partial charge in [-0.05, 0) is 61.3 Å². The Morgan fingerprint density at radius 3 is 2.10 bits per heavy atom. The lowest BCUT2D eigenvalue weighted by Crippen LogP contribution is -2.16. The molecule has 0 spiro atoms. The zero-order chi connectivity index (χ0) is 21.9. The summed E-state index contributed by atoms with van der Waals surface area (Å²) in [4.78, 5) is 0. The summed E-state index contributed by atoms with van der Waals surface area (Å²) in [5.41, 5.74) is 3.87. The zero-order valence-corrected chi connectivity index (χ0v) is 19.6. The van der Waals surface area contributed by atoms with Crippen LogP contribution in [0.2, 0.25) is 0 Å². The maximum absolute atomic E-state index is 10.8. The minimum absolute atomic E-state index is 0.0635. The van der Waals surface area contributed by atoms with Crippen LogP contribution in [0.15, 0.2) is 17.7 Å². The molecule has 0 saturated heterocycles. The fraction of sp³-hybridized carbons (Fsp3) is 0.704. The molecule has 0 saturated carbocycles. The summed E-state index contributed by atoms with van der Waals surface area (Å²) in [5, 5.41) is 31.3. The lowest BCUT2D eigenvalue weighted by atomic mass is 9.76. The third-order valence-corrected chi connectivity index (χ3v) is 6.93. The van der Waals surface area contributed by atoms with Crippen molar-refractivity contribution < 1.29 is 15.3 Å². The van der Waals surface area contributed by atoms with Crippen molar-refractivity contribution in [3.63, 3.8) is 0 Å². The van der Waals surface area contributed by atoms with E-state index in [2.05, 4.69) is 13.8 Å². The molecule has 1 aliphatic rings. The minimum atomic E-state index is 0.0635. The molecule has 1 aromatic carbocycles. The van der Waals surface area contributed by atoms with Crippen LogP contribution in [0, 0.1) is 11.8 Å². The van der Waals surface area contributed by atoms with Gasteiger partial charge < -0.3 is 15.3 Å². The molecule has 1 aliphatic carbocycles. The van der Waals surface area contributed by atoms with Gasteiger partial charge in [-0.15, -0.1) is 0 Å². The van der Waals surface area contributed by atoms with E-state index in [-0.39, 0.29) is 24.0 Å². The number of phenols is 2. The minimum Gasteiger partial charge on any atom is -0.507 e. The summed E-state index contributed by atoms with van der Waals surface area (Å²) < 4.78 is 0. The molecule has 0 aliphatic heterocycles. The predicted molar refractivity (Wildman–Crippen MR) is 127 cm³/mol. The highest BCUT2D eigenvalue weighted by Gasteiger charge is 2.27. The van der Waals surface area contributed by atoms with Crippen LogP contribution >= 0.6 is 0 Å². The van der Waals surface area contributed by atoms with Gasteiger partial charge in [-0.3, -0.25) is 0 Å². The van der Waals surface area contributed by atoms with Gasteiger partial charge in [-0.2, -0.15) is 0 Å². The second kappa shape index (κ2) is 13.0. The molecule has 170 valence electrons. The van der Waals surface area contributed by atoms with Gasteiger partial charge in [0.1, 0.15) is 11.5 Å². The summed E-state index contributed by atoms with van der Waals surface area (Å²) in [6.45, 7) is 6.59. The molecule has 0 bridgehead atoms. The number of aryl methyl sites for hydroxylation is 1. The van der Waals surface area contributed by atoms with E-state index in [9.17, 15) is 15.3 Å². The first-order chi connectivity index (χ1) is 14.5. The standard InChI is InChI=1S/C27H44O3/c1-4-6-7-8-9-10-11-12-13-22-17-25(29)27(26(30)18-22)24-16-21(5-2)14-15-23(24)20(3)19-28/h17-18,20-21,28-30H,4-16,19H2,1-3H3. The van der Waals surface area contributed by atoms with Crippen molar-refractivity contribution >= 4 is 5.57 Å². The number of benzene rings is 1. The molecule has 3 heteroatoms. The Morgan fingerprint density at radius 2 is 1.53 bits per heavy atom. The Bertz CT molecular complexity index is 654. The van der Waals surface area contributed by atoms with Crippen molar-refractivity contribution in [2.75, 3.05) is 6.61 Å². The maximum atomic E-state index is 10.8.